The summed E-state index contributed by atoms with van der Waals surface area (Å²) in [5, 5.41) is 8.94. The van der Waals surface area contributed by atoms with Gasteiger partial charge >= 0.3 is 6.09 Å². The smallest absolute Gasteiger partial charge is 0.411 e. The molecule has 0 bridgehead atoms. The summed E-state index contributed by atoms with van der Waals surface area (Å²) in [6.07, 6.45) is -0.929. The van der Waals surface area contributed by atoms with Gasteiger partial charge in [0.25, 0.3) is 0 Å². The summed E-state index contributed by atoms with van der Waals surface area (Å²) >= 11 is 0. The SMILES string of the molecule is N[CH]C1CN(C(=O)O)c2ccccc21. The van der Waals surface area contributed by atoms with E-state index in [2.05, 4.69) is 0 Å². The van der Waals surface area contributed by atoms with Crippen molar-refractivity contribution in [3.05, 3.63) is 36.4 Å². The molecule has 1 aromatic rings. The lowest BCUT2D eigenvalue weighted by molar-refractivity contribution is 0.202. The molecule has 0 spiro atoms. The van der Waals surface area contributed by atoms with Gasteiger partial charge in [-0.3, -0.25) is 4.90 Å². The molecule has 1 aliphatic rings. The van der Waals surface area contributed by atoms with Crippen LogP contribution >= 0.6 is 0 Å². The highest BCUT2D eigenvalue weighted by molar-refractivity contribution is 5.89. The van der Waals surface area contributed by atoms with Gasteiger partial charge < -0.3 is 10.8 Å². The molecule has 0 aromatic heterocycles. The van der Waals surface area contributed by atoms with Crippen molar-refractivity contribution in [1.29, 1.82) is 0 Å². The topological polar surface area (TPSA) is 66.6 Å². The molecule has 0 aliphatic carbocycles. The van der Waals surface area contributed by atoms with E-state index in [1.54, 1.807) is 12.6 Å². The van der Waals surface area contributed by atoms with Crippen LogP contribution in [0.15, 0.2) is 24.3 Å². The van der Waals surface area contributed by atoms with Crippen molar-refractivity contribution in [3.63, 3.8) is 0 Å². The number of carbonyl (C=O) groups is 1. The fraction of sp³-hybridized carbons (Fsp3) is 0.200. The van der Waals surface area contributed by atoms with Crippen molar-refractivity contribution in [2.24, 2.45) is 5.73 Å². The molecule has 0 saturated carbocycles. The minimum absolute atomic E-state index is 0.0160. The first-order valence-electron chi connectivity index (χ1n) is 4.38. The molecule has 0 fully saturated rings. The van der Waals surface area contributed by atoms with Gasteiger partial charge in [0.1, 0.15) is 0 Å². The van der Waals surface area contributed by atoms with E-state index >= 15 is 0 Å². The number of anilines is 1. The average molecular weight is 191 g/mol. The van der Waals surface area contributed by atoms with Gasteiger partial charge in [0.15, 0.2) is 0 Å². The van der Waals surface area contributed by atoms with E-state index in [1.165, 1.54) is 4.90 Å². The van der Waals surface area contributed by atoms with E-state index in [4.69, 9.17) is 10.8 Å². The fourth-order valence-electron chi connectivity index (χ4n) is 1.79. The highest BCUT2D eigenvalue weighted by atomic mass is 16.4. The number of benzene rings is 1. The number of fused-ring (bicyclic) bond motifs is 1. The normalized spacial score (nSPS) is 19.5. The molecule has 1 atom stereocenters. The predicted molar refractivity (Wildman–Crippen MR) is 53.0 cm³/mol. The van der Waals surface area contributed by atoms with E-state index in [1.807, 2.05) is 18.2 Å². The van der Waals surface area contributed by atoms with E-state index in [0.29, 0.717) is 6.54 Å². The lowest BCUT2D eigenvalue weighted by Crippen LogP contribution is -2.28. The van der Waals surface area contributed by atoms with E-state index in [0.717, 1.165) is 11.3 Å². The molecule has 73 valence electrons. The Bertz CT molecular complexity index is 365. The minimum atomic E-state index is -0.929. The minimum Gasteiger partial charge on any atom is -0.465 e. The lowest BCUT2D eigenvalue weighted by Gasteiger charge is -2.12. The standard InChI is InChI=1S/C10H11N2O2/c11-5-7-6-12(10(13)14)9-4-2-1-3-8(7)9/h1-5,7H,6,11H2,(H,13,14). The number of nitrogens with two attached hydrogens (primary N) is 1. The monoisotopic (exact) mass is 191 g/mol. The van der Waals surface area contributed by atoms with Gasteiger partial charge in [-0.05, 0) is 11.6 Å². The highest BCUT2D eigenvalue weighted by Crippen LogP contribution is 2.36. The first kappa shape index (κ1) is 9.02. The van der Waals surface area contributed by atoms with Crippen molar-refractivity contribution in [1.82, 2.24) is 0 Å². The molecule has 1 heterocycles. The average Bonchev–Trinajstić information content (AvgIpc) is 2.56. The Morgan fingerprint density at radius 1 is 1.57 bits per heavy atom. The van der Waals surface area contributed by atoms with Crippen molar-refractivity contribution in [2.75, 3.05) is 11.4 Å². The summed E-state index contributed by atoms with van der Waals surface area (Å²) in [7, 11) is 0. The Morgan fingerprint density at radius 2 is 2.29 bits per heavy atom. The molecule has 1 aromatic carbocycles. The third kappa shape index (κ3) is 1.24. The number of hydrogen-bond donors (Lipinski definition) is 2. The number of nitrogens with zero attached hydrogens (tertiary/aromatic N) is 1. The maximum Gasteiger partial charge on any atom is 0.411 e. The van der Waals surface area contributed by atoms with Crippen LogP contribution in [0.2, 0.25) is 0 Å². The number of carboxylic acid groups (broad SMARTS) is 1. The van der Waals surface area contributed by atoms with Gasteiger partial charge in [0.05, 0.1) is 5.69 Å². The van der Waals surface area contributed by atoms with Gasteiger partial charge in [-0.15, -0.1) is 0 Å². The molecule has 14 heavy (non-hydrogen) atoms. The van der Waals surface area contributed by atoms with Crippen LogP contribution in [0, 0.1) is 6.54 Å². The Balaban J connectivity index is 2.43. The largest absolute Gasteiger partial charge is 0.465 e. The summed E-state index contributed by atoms with van der Waals surface area (Å²) in [6.45, 7) is 1.97. The summed E-state index contributed by atoms with van der Waals surface area (Å²) in [4.78, 5) is 12.2. The lowest BCUT2D eigenvalue weighted by atomic mass is 10.0. The zero-order valence-corrected chi connectivity index (χ0v) is 7.55. The van der Waals surface area contributed by atoms with Crippen LogP contribution in [-0.4, -0.2) is 17.7 Å². The zero-order valence-electron chi connectivity index (χ0n) is 7.55. The maximum atomic E-state index is 10.9. The number of para-hydroxylation sites is 1. The molecule has 4 heteroatoms. The van der Waals surface area contributed by atoms with Crippen LogP contribution in [0.4, 0.5) is 10.5 Å². The molecular formula is C10H11N2O2. The second kappa shape index (κ2) is 3.31. The molecule has 3 N–H and O–H groups in total. The summed E-state index contributed by atoms with van der Waals surface area (Å²) in [5.41, 5.74) is 7.19. The first-order chi connectivity index (χ1) is 6.74. The summed E-state index contributed by atoms with van der Waals surface area (Å²) in [6, 6.07) is 7.42. The molecule has 1 amide bonds. The van der Waals surface area contributed by atoms with Crippen molar-refractivity contribution in [3.8, 4) is 0 Å². The number of hydrogen-bond acceptors (Lipinski definition) is 2. The second-order valence-corrected chi connectivity index (χ2v) is 3.25. The molecule has 2 rings (SSSR count). The van der Waals surface area contributed by atoms with E-state index in [9.17, 15) is 4.79 Å². The third-order valence-corrected chi connectivity index (χ3v) is 2.47. The number of amides is 1. The summed E-state index contributed by atoms with van der Waals surface area (Å²) in [5.74, 6) is 0.0160. The van der Waals surface area contributed by atoms with Crippen molar-refractivity contribution >= 4 is 11.8 Å². The highest BCUT2D eigenvalue weighted by Gasteiger charge is 2.30. The van der Waals surface area contributed by atoms with Crippen LogP contribution in [0.1, 0.15) is 11.5 Å². The van der Waals surface area contributed by atoms with Crippen LogP contribution in [0.25, 0.3) is 0 Å². The summed E-state index contributed by atoms with van der Waals surface area (Å²) < 4.78 is 0. The van der Waals surface area contributed by atoms with Crippen LogP contribution in [0.3, 0.4) is 0 Å². The van der Waals surface area contributed by atoms with Crippen LogP contribution in [0.5, 0.6) is 0 Å². The van der Waals surface area contributed by atoms with Gasteiger partial charge in [0.2, 0.25) is 0 Å². The van der Waals surface area contributed by atoms with Crippen molar-refractivity contribution in [2.45, 2.75) is 5.92 Å². The molecule has 1 radical (unpaired) electrons. The van der Waals surface area contributed by atoms with Gasteiger partial charge in [-0.25, -0.2) is 4.79 Å². The molecule has 4 nitrogen and oxygen atoms in total. The Morgan fingerprint density at radius 3 is 2.93 bits per heavy atom. The fourth-order valence-corrected chi connectivity index (χ4v) is 1.79. The zero-order chi connectivity index (χ0) is 10.1. The van der Waals surface area contributed by atoms with E-state index < -0.39 is 6.09 Å². The van der Waals surface area contributed by atoms with Crippen molar-refractivity contribution < 1.29 is 9.90 Å². The Kier molecular flexibility index (Phi) is 2.13. The third-order valence-electron chi connectivity index (χ3n) is 2.47. The predicted octanol–water partition coefficient (Wildman–Crippen LogP) is 1.39. The van der Waals surface area contributed by atoms with Crippen LogP contribution < -0.4 is 10.6 Å². The number of rotatable bonds is 1. The second-order valence-electron chi connectivity index (χ2n) is 3.25. The van der Waals surface area contributed by atoms with Gasteiger partial charge in [0, 0.05) is 19.0 Å². The quantitative estimate of drug-likeness (QED) is 0.704. The molecular weight excluding hydrogens is 180 g/mol. The maximum absolute atomic E-state index is 10.9. The first-order valence-corrected chi connectivity index (χ1v) is 4.38. The van der Waals surface area contributed by atoms with E-state index in [-0.39, 0.29) is 5.92 Å². The Hall–Kier alpha value is -1.55. The molecule has 0 saturated heterocycles. The molecule has 1 aliphatic heterocycles. The molecule has 1 unspecified atom stereocenters. The van der Waals surface area contributed by atoms with Crippen LogP contribution in [-0.2, 0) is 0 Å². The van der Waals surface area contributed by atoms with Gasteiger partial charge in [-0.1, -0.05) is 18.2 Å². The van der Waals surface area contributed by atoms with Gasteiger partial charge in [-0.2, -0.15) is 0 Å². The Labute approximate surface area is 81.9 Å².